The molecule has 2 aliphatic heterocycles. The standard InChI is InChI=1S/C28H34N8O/c1-20-7-5-14-34(20)15-6-10-26-30-13-11-27(31-26)36-18-17-35(16-12-21(36)2)24-19-23(32-33-28(24)29)22-8-3-4-9-25(22)37/h3-4,8-9,11,13,19-21,37H,5,7,12,14-18H2,1-2H3,(H2,29,33)/t20-,21+/m0/s1. The molecule has 5 rings (SSSR count). The Kier molecular flexibility index (Phi) is 7.37. The first-order valence-electron chi connectivity index (χ1n) is 13.0. The summed E-state index contributed by atoms with van der Waals surface area (Å²) in [7, 11) is 0. The summed E-state index contributed by atoms with van der Waals surface area (Å²) >= 11 is 0. The summed E-state index contributed by atoms with van der Waals surface area (Å²) in [5.41, 5.74) is 8.31. The summed E-state index contributed by atoms with van der Waals surface area (Å²) in [6, 6.07) is 11.9. The van der Waals surface area contributed by atoms with Crippen LogP contribution in [-0.4, -0.2) is 75.0 Å². The van der Waals surface area contributed by atoms with Gasteiger partial charge in [0.25, 0.3) is 0 Å². The molecule has 3 aromatic rings. The highest BCUT2D eigenvalue weighted by atomic mass is 16.3. The van der Waals surface area contributed by atoms with Gasteiger partial charge in [0.1, 0.15) is 11.6 Å². The van der Waals surface area contributed by atoms with Gasteiger partial charge in [0, 0.05) is 43.5 Å². The van der Waals surface area contributed by atoms with Crippen LogP contribution in [0.15, 0.2) is 42.6 Å². The molecule has 0 spiro atoms. The second-order valence-corrected chi connectivity index (χ2v) is 9.84. The van der Waals surface area contributed by atoms with E-state index >= 15 is 0 Å². The zero-order valence-corrected chi connectivity index (χ0v) is 21.5. The van der Waals surface area contributed by atoms with Crippen molar-refractivity contribution in [1.82, 2.24) is 25.1 Å². The monoisotopic (exact) mass is 498 g/mol. The smallest absolute Gasteiger partial charge is 0.206 e. The van der Waals surface area contributed by atoms with E-state index in [-0.39, 0.29) is 11.8 Å². The Labute approximate surface area is 218 Å². The van der Waals surface area contributed by atoms with Gasteiger partial charge in [-0.05, 0) is 69.8 Å². The fourth-order valence-corrected chi connectivity index (χ4v) is 5.12. The van der Waals surface area contributed by atoms with Gasteiger partial charge in [-0.1, -0.05) is 18.1 Å². The number of hydrogen-bond donors (Lipinski definition) is 2. The molecule has 9 heteroatoms. The Hall–Kier alpha value is -3.90. The number of para-hydroxylation sites is 1. The Morgan fingerprint density at radius 2 is 1.89 bits per heavy atom. The average molecular weight is 499 g/mol. The van der Waals surface area contributed by atoms with E-state index in [0.717, 1.165) is 50.6 Å². The zero-order valence-electron chi connectivity index (χ0n) is 21.5. The lowest BCUT2D eigenvalue weighted by Crippen LogP contribution is -2.35. The first-order chi connectivity index (χ1) is 18.0. The van der Waals surface area contributed by atoms with Crippen LogP contribution in [0.1, 0.15) is 38.9 Å². The number of anilines is 3. The largest absolute Gasteiger partial charge is 0.507 e. The van der Waals surface area contributed by atoms with Gasteiger partial charge in [0.15, 0.2) is 5.82 Å². The molecule has 2 aromatic heterocycles. The number of rotatable bonds is 4. The van der Waals surface area contributed by atoms with E-state index in [2.05, 4.69) is 55.6 Å². The minimum atomic E-state index is 0.167. The zero-order chi connectivity index (χ0) is 25.8. The SMILES string of the molecule is C[C@@H]1CCN(c2cc(-c3ccccc3O)nnc2N)CCN1c1ccnc(C#CCN2CCC[C@@H]2C)n1. The van der Waals surface area contributed by atoms with Crippen molar-refractivity contribution in [1.29, 1.82) is 0 Å². The van der Waals surface area contributed by atoms with E-state index in [1.807, 2.05) is 24.3 Å². The molecule has 2 fully saturated rings. The van der Waals surface area contributed by atoms with E-state index in [1.54, 1.807) is 18.3 Å². The molecule has 4 heterocycles. The summed E-state index contributed by atoms with van der Waals surface area (Å²) in [5, 5.41) is 18.7. The number of benzene rings is 1. The van der Waals surface area contributed by atoms with Crippen molar-refractivity contribution in [2.75, 3.05) is 48.3 Å². The Bertz CT molecular complexity index is 1300. The number of nitrogens with zero attached hydrogens (tertiary/aromatic N) is 7. The number of phenolic OH excluding ortho intramolecular Hbond substituents is 1. The Balaban J connectivity index is 1.31. The first kappa shape index (κ1) is 24.8. The fraction of sp³-hybridized carbons (Fsp3) is 0.429. The summed E-state index contributed by atoms with van der Waals surface area (Å²) in [6.07, 6.45) is 5.21. The van der Waals surface area contributed by atoms with Crippen LogP contribution < -0.4 is 15.5 Å². The number of likely N-dealkylation sites (tertiary alicyclic amines) is 1. The van der Waals surface area contributed by atoms with Crippen molar-refractivity contribution >= 4 is 17.3 Å². The van der Waals surface area contributed by atoms with Gasteiger partial charge >= 0.3 is 0 Å². The van der Waals surface area contributed by atoms with Crippen LogP contribution in [0.4, 0.5) is 17.3 Å². The molecule has 9 nitrogen and oxygen atoms in total. The van der Waals surface area contributed by atoms with Crippen LogP contribution in [0.2, 0.25) is 0 Å². The molecule has 2 aliphatic rings. The topological polar surface area (TPSA) is 108 Å². The van der Waals surface area contributed by atoms with Crippen molar-refractivity contribution in [2.24, 2.45) is 0 Å². The van der Waals surface area contributed by atoms with Crippen LogP contribution in [0.25, 0.3) is 11.3 Å². The molecule has 1 aromatic carbocycles. The molecule has 37 heavy (non-hydrogen) atoms. The Morgan fingerprint density at radius 3 is 2.70 bits per heavy atom. The van der Waals surface area contributed by atoms with Gasteiger partial charge in [-0.25, -0.2) is 9.97 Å². The van der Waals surface area contributed by atoms with Gasteiger partial charge in [-0.2, -0.15) is 0 Å². The van der Waals surface area contributed by atoms with E-state index in [4.69, 9.17) is 10.7 Å². The van der Waals surface area contributed by atoms with Crippen LogP contribution in [0.3, 0.4) is 0 Å². The van der Waals surface area contributed by atoms with E-state index in [9.17, 15) is 5.11 Å². The number of nitrogen functional groups attached to an aromatic ring is 1. The number of hydrogen-bond acceptors (Lipinski definition) is 9. The lowest BCUT2D eigenvalue weighted by Gasteiger charge is -2.28. The summed E-state index contributed by atoms with van der Waals surface area (Å²) in [6.45, 7) is 8.69. The Morgan fingerprint density at radius 1 is 1.03 bits per heavy atom. The van der Waals surface area contributed by atoms with Crippen molar-refractivity contribution < 1.29 is 5.11 Å². The minimum absolute atomic E-state index is 0.167. The molecule has 0 aliphatic carbocycles. The second-order valence-electron chi connectivity index (χ2n) is 9.84. The number of nitrogens with two attached hydrogens (primary N) is 1. The van der Waals surface area contributed by atoms with E-state index < -0.39 is 0 Å². The third-order valence-corrected chi connectivity index (χ3v) is 7.39. The third-order valence-electron chi connectivity index (χ3n) is 7.39. The van der Waals surface area contributed by atoms with Gasteiger partial charge in [-0.3, -0.25) is 4.90 Å². The average Bonchev–Trinajstić information content (AvgIpc) is 3.21. The fourth-order valence-electron chi connectivity index (χ4n) is 5.12. The maximum absolute atomic E-state index is 10.3. The third kappa shape index (κ3) is 5.59. The van der Waals surface area contributed by atoms with Crippen LogP contribution in [0.5, 0.6) is 5.75 Å². The maximum Gasteiger partial charge on any atom is 0.206 e. The molecule has 3 N–H and O–H groups in total. The summed E-state index contributed by atoms with van der Waals surface area (Å²) in [4.78, 5) is 16.1. The molecule has 0 bridgehead atoms. The highest BCUT2D eigenvalue weighted by Crippen LogP contribution is 2.32. The predicted octanol–water partition coefficient (Wildman–Crippen LogP) is 3.16. The van der Waals surface area contributed by atoms with Crippen LogP contribution in [0, 0.1) is 11.8 Å². The summed E-state index contributed by atoms with van der Waals surface area (Å²) < 4.78 is 0. The van der Waals surface area contributed by atoms with Crippen molar-refractivity contribution in [3.05, 3.63) is 48.4 Å². The number of aromatic hydroxyl groups is 1. The second kappa shape index (κ2) is 11.0. The minimum Gasteiger partial charge on any atom is -0.507 e. The molecule has 0 radical (unpaired) electrons. The van der Waals surface area contributed by atoms with Crippen molar-refractivity contribution in [2.45, 2.75) is 45.2 Å². The summed E-state index contributed by atoms with van der Waals surface area (Å²) in [5.74, 6) is 8.43. The van der Waals surface area contributed by atoms with Gasteiger partial charge in [0.2, 0.25) is 5.82 Å². The first-order valence-corrected chi connectivity index (χ1v) is 13.0. The van der Waals surface area contributed by atoms with Gasteiger partial charge in [0.05, 0.1) is 17.9 Å². The molecule has 2 atom stereocenters. The normalized spacial score (nSPS) is 20.4. The molecule has 0 unspecified atom stereocenters. The van der Waals surface area contributed by atoms with Crippen LogP contribution >= 0.6 is 0 Å². The van der Waals surface area contributed by atoms with Crippen molar-refractivity contribution in [3.8, 4) is 28.8 Å². The number of aromatic nitrogens is 4. The quantitative estimate of drug-likeness (QED) is 0.525. The van der Waals surface area contributed by atoms with E-state index in [0.29, 0.717) is 28.9 Å². The molecular formula is C28H34N8O. The van der Waals surface area contributed by atoms with Crippen LogP contribution in [-0.2, 0) is 0 Å². The van der Waals surface area contributed by atoms with Gasteiger partial charge < -0.3 is 20.6 Å². The van der Waals surface area contributed by atoms with Crippen molar-refractivity contribution in [3.63, 3.8) is 0 Å². The van der Waals surface area contributed by atoms with E-state index in [1.165, 1.54) is 12.8 Å². The van der Waals surface area contributed by atoms with Gasteiger partial charge in [-0.15, -0.1) is 10.2 Å². The maximum atomic E-state index is 10.3. The molecule has 0 saturated carbocycles. The predicted molar refractivity (Wildman–Crippen MR) is 146 cm³/mol. The highest BCUT2D eigenvalue weighted by Gasteiger charge is 2.24. The molecular weight excluding hydrogens is 464 g/mol. The molecule has 192 valence electrons. The lowest BCUT2D eigenvalue weighted by atomic mass is 10.1. The molecule has 0 amide bonds. The lowest BCUT2D eigenvalue weighted by molar-refractivity contribution is 0.303. The molecule has 2 saturated heterocycles. The number of phenols is 1. The highest BCUT2D eigenvalue weighted by molar-refractivity contribution is 5.74.